The average molecular weight is 444 g/mol. The Labute approximate surface area is 187 Å². The highest BCUT2D eigenvalue weighted by atomic mass is 31.2. The van der Waals surface area contributed by atoms with Crippen molar-refractivity contribution in [2.24, 2.45) is 0 Å². The number of benzene rings is 3. The normalized spacial score (nSPS) is 20.6. The molecule has 0 N–H and O–H groups in total. The summed E-state index contributed by atoms with van der Waals surface area (Å²) in [5, 5.41) is 15.2. The molecule has 5 nitrogen and oxygen atoms in total. The highest BCUT2D eigenvalue weighted by molar-refractivity contribution is 7.96. The lowest BCUT2D eigenvalue weighted by molar-refractivity contribution is -0.514. The first-order chi connectivity index (χ1) is 15.6. The van der Waals surface area contributed by atoms with Crippen LogP contribution < -0.4 is 15.9 Å². The van der Waals surface area contributed by atoms with E-state index >= 15 is 0 Å². The van der Waals surface area contributed by atoms with Gasteiger partial charge in [0.05, 0.1) is 11.1 Å². The third-order valence-electron chi connectivity index (χ3n) is 6.44. The maximum Gasteiger partial charge on any atom is 0.337 e. The molecule has 0 saturated carbocycles. The molecule has 0 bridgehead atoms. The topological polar surface area (TPSA) is 69.4 Å². The van der Waals surface area contributed by atoms with Crippen molar-refractivity contribution in [3.05, 3.63) is 112 Å². The summed E-state index contributed by atoms with van der Waals surface area (Å²) < 4.78 is 6.15. The second-order valence-corrected chi connectivity index (χ2v) is 11.6. The Bertz CT molecular complexity index is 1080. The predicted molar refractivity (Wildman–Crippen MR) is 127 cm³/mol. The largest absolute Gasteiger partial charge is 0.418 e. The molecule has 2 unspecified atom stereocenters. The summed E-state index contributed by atoms with van der Waals surface area (Å²) in [6.07, 6.45) is 1.59. The van der Waals surface area contributed by atoms with Gasteiger partial charge >= 0.3 is 5.97 Å². The lowest BCUT2D eigenvalue weighted by Crippen LogP contribution is -2.42. The van der Waals surface area contributed by atoms with Crippen molar-refractivity contribution >= 4 is 29.1 Å². The van der Waals surface area contributed by atoms with Gasteiger partial charge < -0.3 is 4.74 Å². The van der Waals surface area contributed by atoms with Crippen molar-refractivity contribution in [2.75, 3.05) is 0 Å². The van der Waals surface area contributed by atoms with Crippen LogP contribution in [0.1, 0.15) is 19.3 Å². The van der Waals surface area contributed by atoms with Crippen LogP contribution in [0.25, 0.3) is 0 Å². The number of carbonyl (C=O) groups is 1. The van der Waals surface area contributed by atoms with Gasteiger partial charge in [-0.05, 0) is 49.2 Å². The smallest absolute Gasteiger partial charge is 0.337 e. The fourth-order valence-electron chi connectivity index (χ4n) is 5.09. The van der Waals surface area contributed by atoms with Crippen molar-refractivity contribution in [2.45, 2.75) is 31.1 Å². The minimum Gasteiger partial charge on any atom is -0.418 e. The van der Waals surface area contributed by atoms with E-state index in [1.807, 2.05) is 54.6 Å². The Hall–Kier alpha value is -3.30. The van der Waals surface area contributed by atoms with E-state index in [1.54, 1.807) is 0 Å². The Morgan fingerprint density at radius 3 is 1.72 bits per heavy atom. The fourth-order valence-corrected chi connectivity index (χ4v) is 9.73. The lowest BCUT2D eigenvalue weighted by atomic mass is 9.89. The molecule has 0 saturated heterocycles. The number of esters is 1. The highest BCUT2D eigenvalue weighted by Crippen LogP contribution is 2.65. The van der Waals surface area contributed by atoms with Crippen LogP contribution in [0.4, 0.5) is 0 Å². The molecule has 0 radical (unpaired) electrons. The SMILES string of the molecule is O=C1OC([P+](c2ccccc2)(c2ccccc2)c2ccccc2)C2=C1CCCC2[N+](=O)[O-]. The summed E-state index contributed by atoms with van der Waals surface area (Å²) in [4.78, 5) is 24.9. The second kappa shape index (κ2) is 8.33. The predicted octanol–water partition coefficient (Wildman–Crippen LogP) is 3.99. The molecule has 0 spiro atoms. The number of hydrogen-bond donors (Lipinski definition) is 0. The molecule has 32 heavy (non-hydrogen) atoms. The van der Waals surface area contributed by atoms with Crippen molar-refractivity contribution in [3.63, 3.8) is 0 Å². The number of ether oxygens (including phenoxy) is 1. The van der Waals surface area contributed by atoms with Crippen LogP contribution >= 0.6 is 7.26 Å². The summed E-state index contributed by atoms with van der Waals surface area (Å²) in [6.45, 7) is 0. The summed E-state index contributed by atoms with van der Waals surface area (Å²) in [6, 6.07) is 29.2. The quantitative estimate of drug-likeness (QED) is 0.258. The third kappa shape index (κ3) is 3.16. The lowest BCUT2D eigenvalue weighted by Gasteiger charge is -2.33. The molecular formula is C26H23NO4P+. The molecule has 160 valence electrons. The van der Waals surface area contributed by atoms with E-state index in [1.165, 1.54) is 0 Å². The molecular weight excluding hydrogens is 421 g/mol. The van der Waals surface area contributed by atoms with Gasteiger partial charge in [0.25, 0.3) is 5.85 Å². The average Bonchev–Trinajstić information content (AvgIpc) is 3.18. The van der Waals surface area contributed by atoms with Gasteiger partial charge in [0.2, 0.25) is 6.04 Å². The van der Waals surface area contributed by atoms with Gasteiger partial charge in [-0.2, -0.15) is 0 Å². The second-order valence-electron chi connectivity index (χ2n) is 8.11. The zero-order valence-corrected chi connectivity index (χ0v) is 18.4. The molecule has 1 aliphatic carbocycles. The maximum absolute atomic E-state index is 13.0. The van der Waals surface area contributed by atoms with Gasteiger partial charge in [0, 0.05) is 11.3 Å². The highest BCUT2D eigenvalue weighted by Gasteiger charge is 2.63. The van der Waals surface area contributed by atoms with Crippen molar-refractivity contribution in [1.29, 1.82) is 0 Å². The number of rotatable bonds is 5. The van der Waals surface area contributed by atoms with Gasteiger partial charge in [-0.3, -0.25) is 10.1 Å². The zero-order chi connectivity index (χ0) is 22.1. The van der Waals surface area contributed by atoms with Crippen LogP contribution in [0.2, 0.25) is 0 Å². The summed E-state index contributed by atoms with van der Waals surface area (Å²) >= 11 is 0. The Morgan fingerprint density at radius 1 is 0.812 bits per heavy atom. The van der Waals surface area contributed by atoms with Crippen LogP contribution in [0.3, 0.4) is 0 Å². The molecule has 6 heteroatoms. The molecule has 1 aliphatic heterocycles. The molecule has 3 aromatic rings. The van der Waals surface area contributed by atoms with E-state index in [2.05, 4.69) is 36.4 Å². The monoisotopic (exact) mass is 444 g/mol. The van der Waals surface area contributed by atoms with Gasteiger partial charge in [-0.1, -0.05) is 54.6 Å². The number of nitro groups is 1. The van der Waals surface area contributed by atoms with Crippen LogP contribution in [-0.2, 0) is 9.53 Å². The zero-order valence-electron chi connectivity index (χ0n) is 17.5. The van der Waals surface area contributed by atoms with E-state index < -0.39 is 25.1 Å². The molecule has 0 amide bonds. The van der Waals surface area contributed by atoms with E-state index in [4.69, 9.17) is 4.74 Å². The van der Waals surface area contributed by atoms with Gasteiger partial charge in [0.15, 0.2) is 7.26 Å². The van der Waals surface area contributed by atoms with Gasteiger partial charge in [-0.15, -0.1) is 0 Å². The van der Waals surface area contributed by atoms with Crippen molar-refractivity contribution < 1.29 is 14.5 Å². The molecule has 0 aromatic heterocycles. The van der Waals surface area contributed by atoms with E-state index in [-0.39, 0.29) is 4.92 Å². The minimum absolute atomic E-state index is 0.237. The first-order valence-electron chi connectivity index (χ1n) is 10.8. The van der Waals surface area contributed by atoms with E-state index in [0.717, 1.165) is 15.9 Å². The standard InChI is InChI=1S/C26H23NO4P/c28-25-22-17-10-18-23(27(29)30)24(22)26(31-25)32(19-11-4-1-5-12-19,20-13-6-2-7-14-20)21-15-8-3-9-16-21/h1-9,11-16,23,26H,10,17-18H2/q+1. The van der Waals surface area contributed by atoms with Gasteiger partial charge in [0.1, 0.15) is 15.9 Å². The van der Waals surface area contributed by atoms with Crippen LogP contribution in [0.15, 0.2) is 102 Å². The van der Waals surface area contributed by atoms with Gasteiger partial charge in [-0.25, -0.2) is 4.79 Å². The first kappa shape index (κ1) is 20.6. The molecule has 1 heterocycles. The van der Waals surface area contributed by atoms with Crippen molar-refractivity contribution in [3.8, 4) is 0 Å². The number of cyclic esters (lactones) is 1. The minimum atomic E-state index is -2.61. The van der Waals surface area contributed by atoms with E-state index in [9.17, 15) is 14.9 Å². The Kier molecular flexibility index (Phi) is 5.36. The van der Waals surface area contributed by atoms with Crippen LogP contribution in [-0.4, -0.2) is 22.8 Å². The van der Waals surface area contributed by atoms with E-state index in [0.29, 0.717) is 30.4 Å². The first-order valence-corrected chi connectivity index (χ1v) is 12.6. The fraction of sp³-hybridized carbons (Fsp3) is 0.192. The number of hydrogen-bond acceptors (Lipinski definition) is 4. The van der Waals surface area contributed by atoms with Crippen LogP contribution in [0, 0.1) is 10.1 Å². The Morgan fingerprint density at radius 2 is 1.28 bits per heavy atom. The maximum atomic E-state index is 13.0. The van der Waals surface area contributed by atoms with Crippen molar-refractivity contribution in [1.82, 2.24) is 0 Å². The molecule has 5 rings (SSSR count). The summed E-state index contributed by atoms with van der Waals surface area (Å²) in [5.74, 6) is -1.09. The molecule has 3 aromatic carbocycles. The molecule has 2 aliphatic rings. The summed E-state index contributed by atoms with van der Waals surface area (Å²) in [5.41, 5.74) is 1.09. The Balaban J connectivity index is 1.86. The molecule has 0 fully saturated rings. The molecule has 2 atom stereocenters. The third-order valence-corrected chi connectivity index (χ3v) is 10.9. The number of carbonyl (C=O) groups excluding carboxylic acids is 1. The summed E-state index contributed by atoms with van der Waals surface area (Å²) in [7, 11) is -2.61. The number of nitrogens with zero attached hydrogens (tertiary/aromatic N) is 1. The van der Waals surface area contributed by atoms with Crippen LogP contribution in [0.5, 0.6) is 0 Å².